The van der Waals surface area contributed by atoms with E-state index in [0.29, 0.717) is 23.9 Å². The monoisotopic (exact) mass is 376 g/mol. The van der Waals surface area contributed by atoms with Gasteiger partial charge < -0.3 is 14.7 Å². The molecule has 2 aromatic heterocycles. The fourth-order valence-electron chi connectivity index (χ4n) is 3.57. The molecule has 2 aliphatic heterocycles. The molecule has 2 saturated heterocycles. The molecule has 0 aromatic carbocycles. The van der Waals surface area contributed by atoms with E-state index < -0.39 is 0 Å². The second-order valence-electron chi connectivity index (χ2n) is 6.73. The highest BCUT2D eigenvalue weighted by atomic mass is 35.5. The predicted molar refractivity (Wildman–Crippen MR) is 102 cm³/mol. The van der Waals surface area contributed by atoms with Crippen LogP contribution in [0, 0.1) is 5.82 Å². The minimum Gasteiger partial charge on any atom is -0.355 e. The maximum atomic E-state index is 14.0. The Bertz CT molecular complexity index is 742. The summed E-state index contributed by atoms with van der Waals surface area (Å²) < 4.78 is 14.0. The van der Waals surface area contributed by atoms with Crippen LogP contribution in [-0.2, 0) is 0 Å². The van der Waals surface area contributed by atoms with E-state index >= 15 is 0 Å². The average Bonchev–Trinajstić information content (AvgIpc) is 2.69. The van der Waals surface area contributed by atoms with Gasteiger partial charge in [-0.05, 0) is 37.5 Å². The lowest BCUT2D eigenvalue weighted by Crippen LogP contribution is -2.47. The Morgan fingerprint density at radius 1 is 0.808 bits per heavy atom. The number of piperidine rings is 1. The molecule has 0 spiro atoms. The molecular weight excluding hydrogens is 355 g/mol. The van der Waals surface area contributed by atoms with E-state index in [-0.39, 0.29) is 5.82 Å². The molecule has 0 amide bonds. The van der Waals surface area contributed by atoms with Crippen LogP contribution in [0.2, 0.25) is 5.02 Å². The summed E-state index contributed by atoms with van der Waals surface area (Å²) in [4.78, 5) is 10.5. The van der Waals surface area contributed by atoms with E-state index in [0.717, 1.165) is 37.8 Å². The Kier molecular flexibility index (Phi) is 5.06. The van der Waals surface area contributed by atoms with Crippen molar-refractivity contribution >= 4 is 29.1 Å². The second-order valence-corrected chi connectivity index (χ2v) is 7.17. The van der Waals surface area contributed by atoms with E-state index in [4.69, 9.17) is 11.6 Å². The first-order valence-corrected chi connectivity index (χ1v) is 9.48. The van der Waals surface area contributed by atoms with Crippen LogP contribution in [0.15, 0.2) is 24.4 Å². The summed E-state index contributed by atoms with van der Waals surface area (Å²) in [6.45, 7) is 4.99. The first-order chi connectivity index (χ1) is 12.7. The smallest absolute Gasteiger partial charge is 0.167 e. The molecule has 0 unspecified atom stereocenters. The highest BCUT2D eigenvalue weighted by Crippen LogP contribution is 2.23. The maximum Gasteiger partial charge on any atom is 0.167 e. The molecule has 138 valence electrons. The lowest BCUT2D eigenvalue weighted by Gasteiger charge is -2.36. The van der Waals surface area contributed by atoms with Crippen LogP contribution in [-0.4, -0.2) is 54.4 Å². The van der Waals surface area contributed by atoms with Gasteiger partial charge in [-0.2, -0.15) is 0 Å². The summed E-state index contributed by atoms with van der Waals surface area (Å²) in [6.07, 6.45) is 5.23. The third-order valence-electron chi connectivity index (χ3n) is 5.01. The van der Waals surface area contributed by atoms with Crippen LogP contribution in [0.4, 0.5) is 21.8 Å². The van der Waals surface area contributed by atoms with Crippen molar-refractivity contribution in [3.05, 3.63) is 35.2 Å². The molecule has 26 heavy (non-hydrogen) atoms. The van der Waals surface area contributed by atoms with Crippen molar-refractivity contribution in [1.29, 1.82) is 0 Å². The molecule has 0 saturated carbocycles. The zero-order chi connectivity index (χ0) is 17.9. The van der Waals surface area contributed by atoms with Gasteiger partial charge in [0, 0.05) is 45.5 Å². The number of nitrogens with zero attached hydrogens (tertiary/aromatic N) is 6. The molecular formula is C18H22ClFN6. The minimum atomic E-state index is -0.378. The number of pyridine rings is 1. The third-order valence-corrected chi connectivity index (χ3v) is 5.21. The normalized spacial score (nSPS) is 18.3. The Balaban J connectivity index is 1.38. The molecule has 0 atom stereocenters. The van der Waals surface area contributed by atoms with Crippen LogP contribution in [0.5, 0.6) is 0 Å². The summed E-state index contributed by atoms with van der Waals surface area (Å²) in [6, 6.07) is 5.40. The second kappa shape index (κ2) is 7.61. The van der Waals surface area contributed by atoms with Crippen molar-refractivity contribution in [2.75, 3.05) is 54.0 Å². The van der Waals surface area contributed by atoms with Gasteiger partial charge in [0.05, 0.1) is 5.02 Å². The molecule has 0 aliphatic carbocycles. The number of hydrogen-bond donors (Lipinski definition) is 0. The van der Waals surface area contributed by atoms with Crippen molar-refractivity contribution in [3.8, 4) is 0 Å². The largest absolute Gasteiger partial charge is 0.355 e. The SMILES string of the molecule is Fc1cc(Cl)cnc1N1CCN(c2ccc(N3CCCCC3)nn2)CC1. The minimum absolute atomic E-state index is 0.314. The van der Waals surface area contributed by atoms with Crippen molar-refractivity contribution < 1.29 is 4.39 Å². The Morgan fingerprint density at radius 3 is 1.96 bits per heavy atom. The number of anilines is 3. The fourth-order valence-corrected chi connectivity index (χ4v) is 3.71. The van der Waals surface area contributed by atoms with Gasteiger partial charge in [0.15, 0.2) is 23.3 Å². The number of rotatable bonds is 3. The third kappa shape index (κ3) is 3.67. The van der Waals surface area contributed by atoms with E-state index in [9.17, 15) is 4.39 Å². The molecule has 0 radical (unpaired) electrons. The van der Waals surface area contributed by atoms with E-state index in [2.05, 4.69) is 31.0 Å². The first kappa shape index (κ1) is 17.3. The van der Waals surface area contributed by atoms with Crippen LogP contribution in [0.25, 0.3) is 0 Å². The van der Waals surface area contributed by atoms with Gasteiger partial charge in [-0.25, -0.2) is 9.37 Å². The number of piperazine rings is 1. The molecule has 4 rings (SSSR count). The van der Waals surface area contributed by atoms with Gasteiger partial charge in [0.2, 0.25) is 0 Å². The van der Waals surface area contributed by atoms with Crippen LogP contribution in [0.1, 0.15) is 19.3 Å². The molecule has 2 aliphatic rings. The summed E-state index contributed by atoms with van der Waals surface area (Å²) in [5.74, 6) is 1.81. The highest BCUT2D eigenvalue weighted by molar-refractivity contribution is 6.30. The average molecular weight is 377 g/mol. The molecule has 6 nitrogen and oxygen atoms in total. The quantitative estimate of drug-likeness (QED) is 0.820. The summed E-state index contributed by atoms with van der Waals surface area (Å²) in [5.41, 5.74) is 0. The fraction of sp³-hybridized carbons (Fsp3) is 0.500. The summed E-state index contributed by atoms with van der Waals surface area (Å²) >= 11 is 5.78. The maximum absolute atomic E-state index is 14.0. The van der Waals surface area contributed by atoms with Gasteiger partial charge in [0.25, 0.3) is 0 Å². The van der Waals surface area contributed by atoms with Crippen molar-refractivity contribution in [3.63, 3.8) is 0 Å². The van der Waals surface area contributed by atoms with Crippen LogP contribution < -0.4 is 14.7 Å². The van der Waals surface area contributed by atoms with E-state index in [1.54, 1.807) is 0 Å². The molecule has 8 heteroatoms. The zero-order valence-electron chi connectivity index (χ0n) is 14.6. The van der Waals surface area contributed by atoms with Gasteiger partial charge in [-0.15, -0.1) is 10.2 Å². The lowest BCUT2D eigenvalue weighted by atomic mass is 10.1. The summed E-state index contributed by atoms with van der Waals surface area (Å²) in [7, 11) is 0. The zero-order valence-corrected chi connectivity index (χ0v) is 15.4. The standard InChI is InChI=1S/C18H22ClFN6/c19-14-12-15(20)18(21-13-14)26-10-8-25(9-11-26)17-5-4-16(22-23-17)24-6-2-1-3-7-24/h4-5,12-13H,1-3,6-11H2. The summed E-state index contributed by atoms with van der Waals surface area (Å²) in [5, 5.41) is 9.14. The number of aromatic nitrogens is 3. The Morgan fingerprint density at radius 2 is 1.38 bits per heavy atom. The highest BCUT2D eigenvalue weighted by Gasteiger charge is 2.22. The molecule has 2 fully saturated rings. The molecule has 0 bridgehead atoms. The molecule has 4 heterocycles. The molecule has 0 N–H and O–H groups in total. The van der Waals surface area contributed by atoms with Crippen molar-refractivity contribution in [1.82, 2.24) is 15.2 Å². The van der Waals surface area contributed by atoms with Gasteiger partial charge in [-0.1, -0.05) is 11.6 Å². The van der Waals surface area contributed by atoms with Gasteiger partial charge >= 0.3 is 0 Å². The Hall–Kier alpha value is -2.15. The first-order valence-electron chi connectivity index (χ1n) is 9.10. The predicted octanol–water partition coefficient (Wildman–Crippen LogP) is 2.98. The topological polar surface area (TPSA) is 48.4 Å². The van der Waals surface area contributed by atoms with Crippen molar-refractivity contribution in [2.45, 2.75) is 19.3 Å². The van der Waals surface area contributed by atoms with Gasteiger partial charge in [-0.3, -0.25) is 0 Å². The van der Waals surface area contributed by atoms with E-state index in [1.165, 1.54) is 31.5 Å². The molecule has 2 aromatic rings. The van der Waals surface area contributed by atoms with E-state index in [1.807, 2.05) is 11.0 Å². The van der Waals surface area contributed by atoms with Crippen LogP contribution >= 0.6 is 11.6 Å². The lowest BCUT2D eigenvalue weighted by molar-refractivity contribution is 0.569. The van der Waals surface area contributed by atoms with Crippen LogP contribution in [0.3, 0.4) is 0 Å². The number of halogens is 2. The Labute approximate surface area is 157 Å². The van der Waals surface area contributed by atoms with Gasteiger partial charge in [0.1, 0.15) is 0 Å². The van der Waals surface area contributed by atoms with Crippen molar-refractivity contribution in [2.24, 2.45) is 0 Å². The number of hydrogen-bond acceptors (Lipinski definition) is 6.